The van der Waals surface area contributed by atoms with Gasteiger partial charge in [0.15, 0.2) is 0 Å². The van der Waals surface area contributed by atoms with Crippen LogP contribution in [0.25, 0.3) is 34.4 Å². The van der Waals surface area contributed by atoms with Gasteiger partial charge in [-0.15, -0.1) is 0 Å². The molecule has 6 atom stereocenters. The quantitative estimate of drug-likeness (QED) is 0.202. The maximum Gasteiger partial charge on any atom is 3.00 e. The minimum Gasteiger partial charge on any atom is -0.676 e. The molecule has 0 heterocycles. The standard InChI is InChI=1S/3C6H12N2.3C2H2O4.2Ru/c3*7-5-3-1-2-4-6(5)8;3*3-1(4)2(5)6;;/h3*5-8H,1-4H2;3*(H,3,4)(H,5,6);;/q3*-2;;;;+2;+3/p-2. The molecule has 20 heteroatoms. The summed E-state index contributed by atoms with van der Waals surface area (Å²) in [7, 11) is 0. The van der Waals surface area contributed by atoms with E-state index >= 15 is 0 Å². The average Bonchev–Trinajstić information content (AvgIpc) is 2.91. The molecular formula is C24H40N6O12Ru2-3. The third-order valence-corrected chi connectivity index (χ3v) is 5.83. The summed E-state index contributed by atoms with van der Waals surface area (Å²) in [5.41, 5.74) is 43.7. The molecule has 1 radical (unpaired) electrons. The molecule has 0 bridgehead atoms. The van der Waals surface area contributed by atoms with Gasteiger partial charge in [-0.2, -0.15) is 36.3 Å². The Kier molecular flexibility index (Phi) is 36.0. The van der Waals surface area contributed by atoms with E-state index in [1.165, 1.54) is 38.5 Å². The largest absolute Gasteiger partial charge is 3.00 e. The Bertz CT molecular complexity index is 673. The maximum atomic E-state index is 9.10. The van der Waals surface area contributed by atoms with E-state index < -0.39 is 35.8 Å². The second-order valence-corrected chi connectivity index (χ2v) is 9.29. The van der Waals surface area contributed by atoms with Crippen molar-refractivity contribution in [3.8, 4) is 0 Å². The summed E-state index contributed by atoms with van der Waals surface area (Å²) < 4.78 is 0. The van der Waals surface area contributed by atoms with Crippen molar-refractivity contribution in [1.82, 2.24) is 0 Å². The average molecular weight is 807 g/mol. The normalized spacial score (nSPS) is 24.7. The fraction of sp³-hybridized carbons (Fsp3) is 0.750. The fourth-order valence-corrected chi connectivity index (χ4v) is 3.39. The molecular weight excluding hydrogens is 766 g/mol. The van der Waals surface area contributed by atoms with E-state index in [0.29, 0.717) is 0 Å². The summed E-state index contributed by atoms with van der Waals surface area (Å²) in [6.07, 6.45) is 12.7. The Morgan fingerprint density at radius 1 is 0.409 bits per heavy atom. The summed E-state index contributed by atoms with van der Waals surface area (Å²) in [5.74, 6) is -11.7. The van der Waals surface area contributed by atoms with Crippen molar-refractivity contribution in [1.29, 1.82) is 0 Å². The first-order valence-electron chi connectivity index (χ1n) is 13.0. The van der Waals surface area contributed by atoms with Crippen molar-refractivity contribution >= 4 is 35.8 Å². The molecule has 3 fully saturated rings. The van der Waals surface area contributed by atoms with Crippen LogP contribution in [0.5, 0.6) is 0 Å². The molecule has 3 aliphatic rings. The first-order chi connectivity index (χ1) is 19.3. The van der Waals surface area contributed by atoms with Gasteiger partial charge in [0.25, 0.3) is 0 Å². The van der Waals surface area contributed by atoms with Crippen LogP contribution in [0.2, 0.25) is 0 Å². The smallest absolute Gasteiger partial charge is 0.676 e. The molecule has 3 rings (SSSR count). The molecule has 257 valence electrons. The minimum atomic E-state index is -2.19. The second-order valence-electron chi connectivity index (χ2n) is 9.29. The number of carboxylic acids is 6. The SMILES string of the molecule is O=C(O)C(=O)O.O=C(O)C(=O)O.O=C([O-])C(=O)[O-].[NH-]C1CCCCC1[NH-].[NH-]C1CCCCC1[NH-].[NH-]C1CCCCC1[NH-].[Ru+2].[Ru+3]. The van der Waals surface area contributed by atoms with Gasteiger partial charge < -0.3 is 74.6 Å². The third-order valence-electron chi connectivity index (χ3n) is 5.83. The van der Waals surface area contributed by atoms with E-state index in [0.717, 1.165) is 38.5 Å². The zero-order chi connectivity index (χ0) is 33.4. The van der Waals surface area contributed by atoms with E-state index in [2.05, 4.69) is 0 Å². The molecule has 0 aromatic heterocycles. The van der Waals surface area contributed by atoms with Crippen molar-refractivity contribution < 1.29 is 98.4 Å². The van der Waals surface area contributed by atoms with Crippen LogP contribution in [0.3, 0.4) is 0 Å². The number of hydrogen-bond donors (Lipinski definition) is 4. The van der Waals surface area contributed by atoms with Crippen molar-refractivity contribution in [2.75, 3.05) is 0 Å². The van der Waals surface area contributed by atoms with Crippen LogP contribution in [0.4, 0.5) is 0 Å². The van der Waals surface area contributed by atoms with Gasteiger partial charge in [-0.3, -0.25) is 0 Å². The number of rotatable bonds is 0. The van der Waals surface area contributed by atoms with Crippen LogP contribution in [0, 0.1) is 0 Å². The van der Waals surface area contributed by atoms with Crippen molar-refractivity contribution in [2.24, 2.45) is 0 Å². The minimum absolute atomic E-state index is 0. The van der Waals surface area contributed by atoms with Crippen LogP contribution < -0.4 is 10.2 Å². The van der Waals surface area contributed by atoms with E-state index in [9.17, 15) is 0 Å². The molecule has 6 unspecified atom stereocenters. The Morgan fingerprint density at radius 3 is 0.568 bits per heavy atom. The Morgan fingerprint density at radius 2 is 0.523 bits per heavy atom. The van der Waals surface area contributed by atoms with Gasteiger partial charge in [0.05, 0.1) is 11.9 Å². The zero-order valence-electron chi connectivity index (χ0n) is 23.7. The van der Waals surface area contributed by atoms with Crippen LogP contribution in [-0.4, -0.2) is 92.5 Å². The number of carbonyl (C=O) groups excluding carboxylic acids is 2. The monoisotopic (exact) mass is 808 g/mol. The predicted molar refractivity (Wildman–Crippen MR) is 145 cm³/mol. The van der Waals surface area contributed by atoms with Gasteiger partial charge in [0.2, 0.25) is 0 Å². The second kappa shape index (κ2) is 30.8. The molecule has 44 heavy (non-hydrogen) atoms. The van der Waals surface area contributed by atoms with Crippen LogP contribution in [-0.2, 0) is 67.7 Å². The topological polar surface area (TPSA) is 372 Å². The predicted octanol–water partition coefficient (Wildman–Crippen LogP) is 2.00. The molecule has 0 aromatic carbocycles. The number of nitrogens with one attached hydrogen (secondary N) is 6. The number of carbonyl (C=O) groups is 6. The van der Waals surface area contributed by atoms with E-state index in [4.69, 9.17) is 93.8 Å². The van der Waals surface area contributed by atoms with Crippen LogP contribution in [0.15, 0.2) is 0 Å². The molecule has 3 saturated carbocycles. The summed E-state index contributed by atoms with van der Waals surface area (Å²) in [6, 6.07) is -0.479. The van der Waals surface area contributed by atoms with Gasteiger partial charge in [-0.25, -0.2) is 19.2 Å². The Labute approximate surface area is 281 Å². The Hall–Kier alpha value is -2.17. The van der Waals surface area contributed by atoms with E-state index in [1.54, 1.807) is 0 Å². The first kappa shape index (κ1) is 51.4. The number of carboxylic acid groups (broad SMARTS) is 6. The van der Waals surface area contributed by atoms with E-state index in [1.807, 2.05) is 0 Å². The van der Waals surface area contributed by atoms with Gasteiger partial charge in [0.1, 0.15) is 0 Å². The number of aliphatic carboxylic acids is 6. The third kappa shape index (κ3) is 32.7. The first-order valence-corrected chi connectivity index (χ1v) is 13.0. The summed E-state index contributed by atoms with van der Waals surface area (Å²) in [5, 5.41) is 47.4. The van der Waals surface area contributed by atoms with Crippen molar-refractivity contribution in [3.05, 3.63) is 34.4 Å². The van der Waals surface area contributed by atoms with E-state index in [-0.39, 0.29) is 75.2 Å². The molecule has 0 amide bonds. The summed E-state index contributed by atoms with van der Waals surface area (Å²) in [4.78, 5) is 54.2. The molecule has 10 N–H and O–H groups in total. The fourth-order valence-electron chi connectivity index (χ4n) is 3.39. The summed E-state index contributed by atoms with van der Waals surface area (Å²) >= 11 is 0. The molecule has 3 aliphatic carbocycles. The van der Waals surface area contributed by atoms with Crippen LogP contribution >= 0.6 is 0 Å². The molecule has 0 aliphatic heterocycles. The zero-order valence-corrected chi connectivity index (χ0v) is 27.2. The summed E-state index contributed by atoms with van der Waals surface area (Å²) in [6.45, 7) is 0. The molecule has 0 aromatic rings. The Balaban J connectivity index is -0.000000138. The van der Waals surface area contributed by atoms with Gasteiger partial charge in [-0.05, 0) is 0 Å². The van der Waals surface area contributed by atoms with Crippen molar-refractivity contribution in [3.63, 3.8) is 0 Å². The van der Waals surface area contributed by atoms with Gasteiger partial charge in [0, 0.05) is 0 Å². The maximum absolute atomic E-state index is 9.10. The molecule has 0 spiro atoms. The van der Waals surface area contributed by atoms with Gasteiger partial charge in [-0.1, -0.05) is 77.0 Å². The number of hydrogen-bond acceptors (Lipinski definition) is 8. The molecule has 0 saturated heterocycles. The van der Waals surface area contributed by atoms with Crippen LogP contribution in [0.1, 0.15) is 77.0 Å². The van der Waals surface area contributed by atoms with Crippen molar-refractivity contribution in [2.45, 2.75) is 113 Å². The molecule has 18 nitrogen and oxygen atoms in total. The van der Waals surface area contributed by atoms with Gasteiger partial charge >= 0.3 is 62.8 Å².